The average molecular weight is 929 g/mol. The molecule has 0 saturated carbocycles. The highest BCUT2D eigenvalue weighted by Gasteiger charge is 2.38. The third-order valence-electron chi connectivity index (χ3n) is 15.9. The number of benzene rings is 9. The zero-order valence-electron chi connectivity index (χ0n) is 42.2. The molecule has 0 N–H and O–H groups in total. The van der Waals surface area contributed by atoms with Gasteiger partial charge >= 0.3 is 0 Å². The van der Waals surface area contributed by atoms with Gasteiger partial charge in [-0.05, 0) is 171 Å². The Morgan fingerprint density at radius 3 is 1.32 bits per heavy atom. The van der Waals surface area contributed by atoms with Gasteiger partial charge in [-0.15, -0.1) is 0 Å². The lowest BCUT2D eigenvalue weighted by molar-refractivity contribution is 0.607. The van der Waals surface area contributed by atoms with Crippen LogP contribution in [0.15, 0.2) is 224 Å². The maximum absolute atomic E-state index is 2.44. The van der Waals surface area contributed by atoms with Gasteiger partial charge in [0.1, 0.15) is 0 Å². The molecule has 9 aromatic carbocycles. The standard InChI is InChI=1S/C70H60N2/c1-47-15-7-13-21-67(47)71(57-41-43-61-59-17-9-11-19-63(59)69(3,4)65(61)45-57)55-37-33-53(34-38-55)51-29-25-49(26-30-51)23-24-50-27-31-52(32-28-50)54-35-39-56(40-36-54)72(68-22-14-8-16-48(68)2)58-42-44-62-60-18-10-12-20-64(60)70(5,6)66(62)46-58/h7-11,13-19,21-46H,12,20H2,1-6H3/b24-23+. The molecule has 0 aromatic heterocycles. The predicted molar refractivity (Wildman–Crippen MR) is 307 cm³/mol. The Morgan fingerprint density at radius 2 is 0.806 bits per heavy atom. The van der Waals surface area contributed by atoms with Gasteiger partial charge in [-0.2, -0.15) is 0 Å². The third kappa shape index (κ3) is 7.83. The SMILES string of the molecule is Cc1ccccc1N(c1ccc(-c2ccc(/C=C/c3ccc(-c4ccc(N(c5ccc6c(c5)C(C)(C)c5ccccc5-6)c5ccccc5C)cc4)cc3)cc2)cc1)c1ccc2c(c1)C(C)(C)C1=C2C=CCC1. The van der Waals surface area contributed by atoms with E-state index in [4.69, 9.17) is 0 Å². The van der Waals surface area contributed by atoms with Crippen molar-refractivity contribution in [2.45, 2.75) is 65.2 Å². The van der Waals surface area contributed by atoms with Gasteiger partial charge in [-0.3, -0.25) is 0 Å². The zero-order valence-corrected chi connectivity index (χ0v) is 42.2. The number of hydrogen-bond donors (Lipinski definition) is 0. The van der Waals surface area contributed by atoms with Gasteiger partial charge in [0.2, 0.25) is 0 Å². The minimum absolute atomic E-state index is 0.0107. The quantitative estimate of drug-likeness (QED) is 0.126. The second-order valence-corrected chi connectivity index (χ2v) is 21.0. The van der Waals surface area contributed by atoms with Crippen molar-refractivity contribution in [3.63, 3.8) is 0 Å². The van der Waals surface area contributed by atoms with E-state index >= 15 is 0 Å². The molecule has 2 heteroatoms. The van der Waals surface area contributed by atoms with Crippen LogP contribution in [0.4, 0.5) is 34.1 Å². The van der Waals surface area contributed by atoms with Crippen molar-refractivity contribution < 1.29 is 0 Å². The molecule has 0 aliphatic heterocycles. The summed E-state index contributed by atoms with van der Waals surface area (Å²) in [5.74, 6) is 0. The molecule has 3 aliphatic carbocycles. The van der Waals surface area contributed by atoms with Crippen LogP contribution in [0.25, 0.3) is 51.1 Å². The van der Waals surface area contributed by atoms with E-state index in [0.29, 0.717) is 0 Å². The maximum Gasteiger partial charge on any atom is 0.0490 e. The van der Waals surface area contributed by atoms with Crippen molar-refractivity contribution in [3.05, 3.63) is 268 Å². The molecular weight excluding hydrogens is 869 g/mol. The van der Waals surface area contributed by atoms with Crippen LogP contribution in [-0.4, -0.2) is 0 Å². The summed E-state index contributed by atoms with van der Waals surface area (Å²) in [5, 5.41) is 0. The highest BCUT2D eigenvalue weighted by molar-refractivity contribution is 5.90. The van der Waals surface area contributed by atoms with Crippen LogP contribution in [0.1, 0.15) is 85.0 Å². The van der Waals surface area contributed by atoms with Gasteiger partial charge in [0.25, 0.3) is 0 Å². The second-order valence-electron chi connectivity index (χ2n) is 21.0. The number of para-hydroxylation sites is 2. The van der Waals surface area contributed by atoms with E-state index in [1.165, 1.54) is 106 Å². The second kappa shape index (κ2) is 17.9. The van der Waals surface area contributed by atoms with Gasteiger partial charge in [0.15, 0.2) is 0 Å². The van der Waals surface area contributed by atoms with Crippen LogP contribution in [0.3, 0.4) is 0 Å². The molecule has 0 fully saturated rings. The van der Waals surface area contributed by atoms with Gasteiger partial charge < -0.3 is 9.80 Å². The van der Waals surface area contributed by atoms with Crippen LogP contribution >= 0.6 is 0 Å². The van der Waals surface area contributed by atoms with Crippen molar-refractivity contribution in [3.8, 4) is 33.4 Å². The number of rotatable bonds is 10. The Morgan fingerprint density at radius 1 is 0.389 bits per heavy atom. The van der Waals surface area contributed by atoms with E-state index in [9.17, 15) is 0 Å². The number of nitrogens with zero attached hydrogens (tertiary/aromatic N) is 2. The summed E-state index contributed by atoms with van der Waals surface area (Å²) in [4.78, 5) is 4.84. The van der Waals surface area contributed by atoms with Gasteiger partial charge in [0.05, 0.1) is 0 Å². The molecule has 2 nitrogen and oxygen atoms in total. The van der Waals surface area contributed by atoms with Crippen molar-refractivity contribution >= 4 is 51.8 Å². The Balaban J connectivity index is 0.749. The smallest absolute Gasteiger partial charge is 0.0490 e. The molecule has 0 bridgehead atoms. The van der Waals surface area contributed by atoms with Gasteiger partial charge in [-0.1, -0.05) is 203 Å². The summed E-state index contributed by atoms with van der Waals surface area (Å²) in [7, 11) is 0. The number of hydrogen-bond acceptors (Lipinski definition) is 2. The summed E-state index contributed by atoms with van der Waals surface area (Å²) in [5.41, 5.74) is 27.8. The molecule has 0 atom stereocenters. The topological polar surface area (TPSA) is 6.48 Å². The molecule has 0 amide bonds. The van der Waals surface area contributed by atoms with E-state index in [0.717, 1.165) is 24.2 Å². The third-order valence-corrected chi connectivity index (χ3v) is 15.9. The first-order valence-electron chi connectivity index (χ1n) is 25.6. The lowest BCUT2D eigenvalue weighted by Crippen LogP contribution is -2.19. The van der Waals surface area contributed by atoms with Gasteiger partial charge in [-0.25, -0.2) is 0 Å². The van der Waals surface area contributed by atoms with Crippen molar-refractivity contribution in [1.82, 2.24) is 0 Å². The monoisotopic (exact) mass is 928 g/mol. The lowest BCUT2D eigenvalue weighted by atomic mass is 9.78. The van der Waals surface area contributed by atoms with Crippen molar-refractivity contribution in [1.29, 1.82) is 0 Å². The summed E-state index contributed by atoms with van der Waals surface area (Å²) in [6.07, 6.45) is 11.3. The molecule has 3 aliphatic rings. The minimum Gasteiger partial charge on any atom is -0.310 e. The fourth-order valence-electron chi connectivity index (χ4n) is 11.8. The Hall–Kier alpha value is -8.20. The molecule has 9 aromatic rings. The summed E-state index contributed by atoms with van der Waals surface area (Å²) < 4.78 is 0. The number of allylic oxidation sites excluding steroid dienone is 4. The number of aryl methyl sites for hydroxylation is 2. The first-order valence-corrected chi connectivity index (χ1v) is 25.6. The summed E-state index contributed by atoms with van der Waals surface area (Å²) in [6, 6.07) is 76.3. The highest BCUT2D eigenvalue weighted by atomic mass is 15.1. The van der Waals surface area contributed by atoms with Crippen LogP contribution < -0.4 is 9.80 Å². The molecule has 0 spiro atoms. The minimum atomic E-state index is -0.0750. The number of fused-ring (bicyclic) bond motifs is 5. The Labute approximate surface area is 426 Å². The first kappa shape index (κ1) is 45.0. The molecule has 72 heavy (non-hydrogen) atoms. The van der Waals surface area contributed by atoms with Gasteiger partial charge in [0, 0.05) is 45.0 Å². The van der Waals surface area contributed by atoms with E-state index in [2.05, 4.69) is 282 Å². The molecular formula is C70H60N2. The van der Waals surface area contributed by atoms with Crippen LogP contribution in [0.5, 0.6) is 0 Å². The number of anilines is 6. The molecule has 0 heterocycles. The molecule has 0 radical (unpaired) electrons. The summed E-state index contributed by atoms with van der Waals surface area (Å²) in [6.45, 7) is 13.9. The Bertz CT molecular complexity index is 3620. The molecule has 12 rings (SSSR count). The first-order chi connectivity index (χ1) is 35.0. The lowest BCUT2D eigenvalue weighted by Gasteiger charge is -2.30. The summed E-state index contributed by atoms with van der Waals surface area (Å²) >= 11 is 0. The van der Waals surface area contributed by atoms with Crippen molar-refractivity contribution in [2.24, 2.45) is 0 Å². The predicted octanol–water partition coefficient (Wildman–Crippen LogP) is 19.4. The average Bonchev–Trinajstić information content (AvgIpc) is 3.79. The molecule has 0 unspecified atom stereocenters. The van der Waals surface area contributed by atoms with E-state index < -0.39 is 0 Å². The van der Waals surface area contributed by atoms with Crippen molar-refractivity contribution in [2.75, 3.05) is 9.80 Å². The fraction of sp³-hybridized carbons (Fsp3) is 0.143. The van der Waals surface area contributed by atoms with E-state index in [-0.39, 0.29) is 10.8 Å². The van der Waals surface area contributed by atoms with E-state index in [1.54, 1.807) is 5.57 Å². The molecule has 0 saturated heterocycles. The van der Waals surface area contributed by atoms with Crippen LogP contribution in [0, 0.1) is 13.8 Å². The molecule has 350 valence electrons. The van der Waals surface area contributed by atoms with E-state index in [1.807, 2.05) is 0 Å². The Kier molecular flexibility index (Phi) is 11.2. The largest absolute Gasteiger partial charge is 0.310 e. The fourth-order valence-corrected chi connectivity index (χ4v) is 11.8. The highest BCUT2D eigenvalue weighted by Crippen LogP contribution is 2.53. The normalized spacial score (nSPS) is 14.8. The zero-order chi connectivity index (χ0) is 49.1. The van der Waals surface area contributed by atoms with Crippen LogP contribution in [-0.2, 0) is 10.8 Å². The maximum atomic E-state index is 2.44. The van der Waals surface area contributed by atoms with Crippen LogP contribution in [0.2, 0.25) is 0 Å².